The van der Waals surface area contributed by atoms with Crippen LogP contribution in [0.4, 0.5) is 0 Å². The first-order chi connectivity index (χ1) is 5.30. The average Bonchev–Trinajstić information content (AvgIpc) is 1.98. The zero-order valence-corrected chi connectivity index (χ0v) is 7.88. The summed E-state index contributed by atoms with van der Waals surface area (Å²) in [5, 5.41) is 0. The number of ether oxygens (including phenoxy) is 1. The van der Waals surface area contributed by atoms with E-state index in [9.17, 15) is 9.59 Å². The number of hydrogen-bond acceptors (Lipinski definition) is 4. The van der Waals surface area contributed by atoms with Gasteiger partial charge in [-0.1, -0.05) is 20.8 Å². The number of nitrogens with two attached hydrogens (primary N) is 1. The zero-order valence-electron chi connectivity index (χ0n) is 7.88. The van der Waals surface area contributed by atoms with Crippen molar-refractivity contribution in [3.05, 3.63) is 0 Å². The van der Waals surface area contributed by atoms with Crippen molar-refractivity contribution in [1.82, 2.24) is 0 Å². The van der Waals surface area contributed by atoms with Crippen molar-refractivity contribution in [2.75, 3.05) is 7.11 Å². The highest BCUT2D eigenvalue weighted by atomic mass is 16.5. The van der Waals surface area contributed by atoms with Crippen molar-refractivity contribution < 1.29 is 14.3 Å². The van der Waals surface area contributed by atoms with Crippen molar-refractivity contribution in [2.24, 2.45) is 11.1 Å². The molecular weight excluding hydrogens is 158 g/mol. The predicted molar refractivity (Wildman–Crippen MR) is 44.5 cm³/mol. The second kappa shape index (κ2) is 3.67. The van der Waals surface area contributed by atoms with Gasteiger partial charge in [0.15, 0.2) is 11.8 Å². The Morgan fingerprint density at radius 1 is 1.33 bits per heavy atom. The maximum atomic E-state index is 11.3. The Morgan fingerprint density at radius 2 is 1.75 bits per heavy atom. The summed E-state index contributed by atoms with van der Waals surface area (Å²) in [5.74, 6) is -0.996. The molecule has 0 bridgehead atoms. The van der Waals surface area contributed by atoms with E-state index in [0.717, 1.165) is 0 Å². The molecule has 0 saturated heterocycles. The van der Waals surface area contributed by atoms with Crippen LogP contribution in [-0.2, 0) is 14.3 Å². The standard InChI is InChI=1S/C8H15NO3/c1-8(2,3)6(10)5(9)7(11)12-4/h5H,9H2,1-4H3. The first-order valence-corrected chi connectivity index (χ1v) is 3.68. The van der Waals surface area contributed by atoms with Gasteiger partial charge in [0.25, 0.3) is 0 Å². The fraction of sp³-hybridized carbons (Fsp3) is 0.750. The highest BCUT2D eigenvalue weighted by molar-refractivity contribution is 6.05. The van der Waals surface area contributed by atoms with E-state index in [1.165, 1.54) is 7.11 Å². The van der Waals surface area contributed by atoms with Crippen LogP contribution in [0.25, 0.3) is 0 Å². The number of esters is 1. The van der Waals surface area contributed by atoms with Crippen LogP contribution in [0.5, 0.6) is 0 Å². The third kappa shape index (κ3) is 2.62. The van der Waals surface area contributed by atoms with E-state index >= 15 is 0 Å². The summed E-state index contributed by atoms with van der Waals surface area (Å²) in [6, 6.07) is -1.16. The molecule has 0 amide bonds. The molecule has 0 saturated carbocycles. The first kappa shape index (κ1) is 11.1. The topological polar surface area (TPSA) is 69.4 Å². The van der Waals surface area contributed by atoms with E-state index in [1.807, 2.05) is 0 Å². The molecule has 0 aromatic rings. The molecule has 0 fully saturated rings. The van der Waals surface area contributed by atoms with Crippen molar-refractivity contribution in [1.29, 1.82) is 0 Å². The summed E-state index contributed by atoms with van der Waals surface area (Å²) in [7, 11) is 1.21. The molecule has 0 radical (unpaired) electrons. The minimum atomic E-state index is -1.16. The van der Waals surface area contributed by atoms with Crippen LogP contribution in [0.1, 0.15) is 20.8 Å². The van der Waals surface area contributed by atoms with E-state index in [4.69, 9.17) is 5.73 Å². The third-order valence-corrected chi connectivity index (χ3v) is 1.48. The van der Waals surface area contributed by atoms with Crippen LogP contribution in [0.2, 0.25) is 0 Å². The van der Waals surface area contributed by atoms with Crippen LogP contribution in [0.3, 0.4) is 0 Å². The quantitative estimate of drug-likeness (QED) is 0.475. The van der Waals surface area contributed by atoms with Crippen LogP contribution < -0.4 is 5.73 Å². The van der Waals surface area contributed by atoms with Gasteiger partial charge in [-0.2, -0.15) is 0 Å². The van der Waals surface area contributed by atoms with Crippen molar-refractivity contribution >= 4 is 11.8 Å². The number of carbonyl (C=O) groups is 2. The fourth-order valence-electron chi connectivity index (χ4n) is 0.701. The average molecular weight is 173 g/mol. The number of ketones is 1. The molecule has 12 heavy (non-hydrogen) atoms. The van der Waals surface area contributed by atoms with Crippen LogP contribution in [0.15, 0.2) is 0 Å². The molecule has 4 heteroatoms. The van der Waals surface area contributed by atoms with E-state index in [2.05, 4.69) is 4.74 Å². The summed E-state index contributed by atoms with van der Waals surface area (Å²) in [6.45, 7) is 5.12. The molecule has 0 heterocycles. The molecule has 1 unspecified atom stereocenters. The zero-order chi connectivity index (χ0) is 9.94. The van der Waals surface area contributed by atoms with E-state index in [1.54, 1.807) is 20.8 Å². The van der Waals surface area contributed by atoms with Gasteiger partial charge in [-0.3, -0.25) is 4.79 Å². The normalized spacial score (nSPS) is 13.8. The van der Waals surface area contributed by atoms with E-state index < -0.39 is 17.4 Å². The lowest BCUT2D eigenvalue weighted by Crippen LogP contribution is -2.45. The van der Waals surface area contributed by atoms with Gasteiger partial charge in [0.1, 0.15) is 0 Å². The number of carbonyl (C=O) groups excluding carboxylic acids is 2. The van der Waals surface area contributed by atoms with Gasteiger partial charge in [0.05, 0.1) is 7.11 Å². The third-order valence-electron chi connectivity index (χ3n) is 1.48. The van der Waals surface area contributed by atoms with Gasteiger partial charge in [0, 0.05) is 5.41 Å². The monoisotopic (exact) mass is 173 g/mol. The van der Waals surface area contributed by atoms with Gasteiger partial charge in [-0.05, 0) is 0 Å². The van der Waals surface area contributed by atoms with E-state index in [-0.39, 0.29) is 5.78 Å². The molecule has 0 aliphatic rings. The summed E-state index contributed by atoms with van der Waals surface area (Å²) in [4.78, 5) is 22.2. The Hall–Kier alpha value is -0.900. The van der Waals surface area contributed by atoms with Crippen molar-refractivity contribution in [3.63, 3.8) is 0 Å². The summed E-state index contributed by atoms with van der Waals surface area (Å²) < 4.78 is 4.34. The predicted octanol–water partition coefficient (Wildman–Crippen LogP) is 0.102. The van der Waals surface area contributed by atoms with Gasteiger partial charge < -0.3 is 10.5 Å². The molecule has 0 rings (SSSR count). The summed E-state index contributed by atoms with van der Waals surface area (Å²) in [6.07, 6.45) is 0. The highest BCUT2D eigenvalue weighted by Gasteiger charge is 2.32. The molecule has 0 aromatic heterocycles. The molecule has 0 spiro atoms. The molecule has 0 aliphatic heterocycles. The lowest BCUT2D eigenvalue weighted by Gasteiger charge is -2.19. The number of rotatable bonds is 2. The number of hydrogen-bond donors (Lipinski definition) is 1. The second-order valence-electron chi connectivity index (χ2n) is 3.62. The van der Waals surface area contributed by atoms with Gasteiger partial charge in [-0.15, -0.1) is 0 Å². The van der Waals surface area contributed by atoms with Crippen LogP contribution in [-0.4, -0.2) is 24.9 Å². The SMILES string of the molecule is COC(=O)C(N)C(=O)C(C)(C)C. The Morgan fingerprint density at radius 3 is 2.00 bits per heavy atom. The summed E-state index contributed by atoms with van der Waals surface area (Å²) in [5.41, 5.74) is 4.73. The molecular formula is C8H15NO3. The second-order valence-corrected chi connectivity index (χ2v) is 3.62. The first-order valence-electron chi connectivity index (χ1n) is 3.68. The maximum Gasteiger partial charge on any atom is 0.330 e. The van der Waals surface area contributed by atoms with Gasteiger partial charge in [-0.25, -0.2) is 4.79 Å². The van der Waals surface area contributed by atoms with Gasteiger partial charge in [0.2, 0.25) is 0 Å². The van der Waals surface area contributed by atoms with Crippen molar-refractivity contribution in [2.45, 2.75) is 26.8 Å². The largest absolute Gasteiger partial charge is 0.468 e. The van der Waals surface area contributed by atoms with E-state index in [0.29, 0.717) is 0 Å². The minimum Gasteiger partial charge on any atom is -0.468 e. The smallest absolute Gasteiger partial charge is 0.330 e. The molecule has 4 nitrogen and oxygen atoms in total. The molecule has 2 N–H and O–H groups in total. The molecule has 0 aliphatic carbocycles. The number of Topliss-reactive ketones (excluding diaryl/α,β-unsaturated/α-hetero) is 1. The van der Waals surface area contributed by atoms with Crippen LogP contribution in [0, 0.1) is 5.41 Å². The fourth-order valence-corrected chi connectivity index (χ4v) is 0.701. The lowest BCUT2D eigenvalue weighted by atomic mass is 9.87. The molecule has 0 aromatic carbocycles. The minimum absolute atomic E-state index is 0.311. The van der Waals surface area contributed by atoms with Crippen molar-refractivity contribution in [3.8, 4) is 0 Å². The Labute approximate surface area is 72.1 Å². The molecule has 70 valence electrons. The Bertz CT molecular complexity index is 193. The Kier molecular flexibility index (Phi) is 3.39. The molecule has 1 atom stereocenters. The number of methoxy groups -OCH3 is 1. The maximum absolute atomic E-state index is 11.3. The van der Waals surface area contributed by atoms with Gasteiger partial charge >= 0.3 is 5.97 Å². The lowest BCUT2D eigenvalue weighted by molar-refractivity contribution is -0.147. The van der Waals surface area contributed by atoms with Crippen LogP contribution >= 0.6 is 0 Å². The Balaban J connectivity index is 4.41. The highest BCUT2D eigenvalue weighted by Crippen LogP contribution is 2.16. The summed E-state index contributed by atoms with van der Waals surface area (Å²) >= 11 is 0.